The fraction of sp³-hybridized carbons (Fsp3) is 0.429. The van der Waals surface area contributed by atoms with Crippen LogP contribution in [0, 0.1) is 0 Å². The number of amides is 2. The van der Waals surface area contributed by atoms with Gasteiger partial charge in [0.05, 0.1) is 5.56 Å². The molecule has 7 heteroatoms. The lowest BCUT2D eigenvalue weighted by molar-refractivity contribution is 0.0696. The predicted octanol–water partition coefficient (Wildman–Crippen LogP) is 1.18. The van der Waals surface area contributed by atoms with Gasteiger partial charge in [0.15, 0.2) is 0 Å². The monoisotopic (exact) mass is 310 g/mol. The molecular formula is C14H18N2O4S. The van der Waals surface area contributed by atoms with E-state index in [9.17, 15) is 13.8 Å². The standard InChI is InChI=1S/C14H18N2O4S/c1-9(8-21(2)20)15-14(19)16-6-11-4-3-10(13(17)18)5-12(11)7-16/h3-5,9H,6-8H2,1-2H3,(H,15,19)(H,17,18). The van der Waals surface area contributed by atoms with Gasteiger partial charge in [0.25, 0.3) is 0 Å². The van der Waals surface area contributed by atoms with Crippen molar-refractivity contribution in [1.82, 2.24) is 10.2 Å². The highest BCUT2D eigenvalue weighted by Crippen LogP contribution is 2.24. The largest absolute Gasteiger partial charge is 0.478 e. The molecule has 21 heavy (non-hydrogen) atoms. The first kappa shape index (κ1) is 15.5. The van der Waals surface area contributed by atoms with E-state index >= 15 is 0 Å². The summed E-state index contributed by atoms with van der Waals surface area (Å²) < 4.78 is 11.1. The molecule has 0 fully saturated rings. The van der Waals surface area contributed by atoms with Crippen LogP contribution in [0.1, 0.15) is 28.4 Å². The molecular weight excluding hydrogens is 292 g/mol. The zero-order valence-electron chi connectivity index (χ0n) is 12.0. The molecule has 6 nitrogen and oxygen atoms in total. The Morgan fingerprint density at radius 1 is 1.38 bits per heavy atom. The van der Waals surface area contributed by atoms with Crippen LogP contribution in [0.4, 0.5) is 4.79 Å². The van der Waals surface area contributed by atoms with E-state index in [-0.39, 0.29) is 17.6 Å². The van der Waals surface area contributed by atoms with Crippen LogP contribution < -0.4 is 5.32 Å². The average molecular weight is 310 g/mol. The van der Waals surface area contributed by atoms with Gasteiger partial charge in [-0.1, -0.05) is 6.07 Å². The lowest BCUT2D eigenvalue weighted by Gasteiger charge is -2.19. The number of rotatable bonds is 4. The molecule has 2 atom stereocenters. The van der Waals surface area contributed by atoms with Crippen LogP contribution >= 0.6 is 0 Å². The van der Waals surface area contributed by atoms with E-state index < -0.39 is 16.8 Å². The van der Waals surface area contributed by atoms with Crippen LogP contribution in [0.5, 0.6) is 0 Å². The molecule has 1 aliphatic heterocycles. The van der Waals surface area contributed by atoms with Crippen molar-refractivity contribution in [3.05, 3.63) is 34.9 Å². The molecule has 0 saturated carbocycles. The molecule has 1 aromatic rings. The lowest BCUT2D eigenvalue weighted by atomic mass is 10.1. The molecule has 1 heterocycles. The van der Waals surface area contributed by atoms with Gasteiger partial charge in [0.2, 0.25) is 0 Å². The molecule has 2 rings (SSSR count). The second kappa shape index (κ2) is 6.26. The number of fused-ring (bicyclic) bond motifs is 1. The van der Waals surface area contributed by atoms with Crippen molar-refractivity contribution in [2.75, 3.05) is 12.0 Å². The molecule has 0 aliphatic carbocycles. The molecule has 1 aliphatic rings. The Balaban J connectivity index is 2.00. The van der Waals surface area contributed by atoms with Gasteiger partial charge in [-0.2, -0.15) is 0 Å². The van der Waals surface area contributed by atoms with E-state index in [2.05, 4.69) is 5.32 Å². The second-order valence-corrected chi connectivity index (χ2v) is 6.71. The molecule has 0 bridgehead atoms. The molecule has 0 radical (unpaired) electrons. The first-order valence-electron chi connectivity index (χ1n) is 6.57. The van der Waals surface area contributed by atoms with Crippen LogP contribution in [0.2, 0.25) is 0 Å². The van der Waals surface area contributed by atoms with E-state index in [4.69, 9.17) is 5.11 Å². The molecule has 1 aromatic carbocycles. The molecule has 0 spiro atoms. The quantitative estimate of drug-likeness (QED) is 0.874. The fourth-order valence-electron chi connectivity index (χ4n) is 2.37. The number of benzene rings is 1. The van der Waals surface area contributed by atoms with Crippen molar-refractivity contribution in [3.8, 4) is 0 Å². The molecule has 2 N–H and O–H groups in total. The maximum Gasteiger partial charge on any atom is 0.335 e. The number of carbonyl (C=O) groups excluding carboxylic acids is 1. The summed E-state index contributed by atoms with van der Waals surface area (Å²) in [6.07, 6.45) is 1.60. The van der Waals surface area contributed by atoms with Gasteiger partial charge in [0, 0.05) is 41.9 Å². The van der Waals surface area contributed by atoms with Crippen LogP contribution in [-0.2, 0) is 23.9 Å². The molecule has 0 saturated heterocycles. The Morgan fingerprint density at radius 2 is 2.05 bits per heavy atom. The van der Waals surface area contributed by atoms with Gasteiger partial charge in [-0.05, 0) is 30.2 Å². The number of carbonyl (C=O) groups is 2. The van der Waals surface area contributed by atoms with Gasteiger partial charge >= 0.3 is 12.0 Å². The maximum absolute atomic E-state index is 12.1. The lowest BCUT2D eigenvalue weighted by Crippen LogP contribution is -2.43. The Morgan fingerprint density at radius 3 is 2.67 bits per heavy atom. The first-order valence-corrected chi connectivity index (χ1v) is 8.30. The Bertz CT molecular complexity index is 603. The number of nitrogens with zero attached hydrogens (tertiary/aromatic N) is 1. The van der Waals surface area contributed by atoms with E-state index in [1.54, 1.807) is 29.4 Å². The number of urea groups is 1. The third kappa shape index (κ3) is 3.81. The predicted molar refractivity (Wildman–Crippen MR) is 79.6 cm³/mol. The van der Waals surface area contributed by atoms with E-state index in [1.165, 1.54) is 0 Å². The van der Waals surface area contributed by atoms with Crippen molar-refractivity contribution in [1.29, 1.82) is 0 Å². The zero-order chi connectivity index (χ0) is 15.6. The Labute approximate surface area is 125 Å². The van der Waals surface area contributed by atoms with Crippen molar-refractivity contribution < 1.29 is 18.9 Å². The summed E-state index contributed by atoms with van der Waals surface area (Å²) >= 11 is 0. The van der Waals surface area contributed by atoms with E-state index in [0.29, 0.717) is 18.8 Å². The highest BCUT2D eigenvalue weighted by Gasteiger charge is 2.25. The Kier molecular flexibility index (Phi) is 4.62. The molecule has 114 valence electrons. The number of carboxylic acid groups (broad SMARTS) is 1. The normalized spacial score (nSPS) is 16.2. The van der Waals surface area contributed by atoms with Gasteiger partial charge in [-0.25, -0.2) is 9.59 Å². The maximum atomic E-state index is 12.1. The highest BCUT2D eigenvalue weighted by atomic mass is 32.2. The van der Waals surface area contributed by atoms with E-state index in [0.717, 1.165) is 11.1 Å². The summed E-state index contributed by atoms with van der Waals surface area (Å²) in [4.78, 5) is 24.7. The van der Waals surface area contributed by atoms with E-state index in [1.807, 2.05) is 6.92 Å². The minimum absolute atomic E-state index is 0.165. The summed E-state index contributed by atoms with van der Waals surface area (Å²) in [7, 11) is -0.960. The van der Waals surface area contributed by atoms with Gasteiger partial charge < -0.3 is 15.3 Å². The number of nitrogens with one attached hydrogen (secondary N) is 1. The summed E-state index contributed by atoms with van der Waals surface area (Å²) in [6.45, 7) is 2.66. The SMILES string of the molecule is CC(CS(C)=O)NC(=O)N1Cc2ccc(C(=O)O)cc2C1. The number of aromatic carboxylic acids is 1. The van der Waals surface area contributed by atoms with Gasteiger partial charge in [0.1, 0.15) is 0 Å². The van der Waals surface area contributed by atoms with Crippen LogP contribution in [0.3, 0.4) is 0 Å². The summed E-state index contributed by atoms with van der Waals surface area (Å²) in [5, 5.41) is 11.8. The van der Waals surface area contributed by atoms with Crippen molar-refractivity contribution in [3.63, 3.8) is 0 Å². The zero-order valence-corrected chi connectivity index (χ0v) is 12.8. The summed E-state index contributed by atoms with van der Waals surface area (Å²) in [6, 6.07) is 4.51. The summed E-state index contributed by atoms with van der Waals surface area (Å²) in [5.41, 5.74) is 2.05. The molecule has 0 aromatic heterocycles. The fourth-order valence-corrected chi connectivity index (χ4v) is 3.15. The van der Waals surface area contributed by atoms with Crippen molar-refractivity contribution in [2.45, 2.75) is 26.1 Å². The smallest absolute Gasteiger partial charge is 0.335 e. The minimum Gasteiger partial charge on any atom is -0.478 e. The van der Waals surface area contributed by atoms with Crippen molar-refractivity contribution in [2.24, 2.45) is 0 Å². The minimum atomic E-state index is -0.972. The topological polar surface area (TPSA) is 86.7 Å². The Hall–Kier alpha value is -1.89. The van der Waals surface area contributed by atoms with Crippen molar-refractivity contribution >= 4 is 22.8 Å². The third-order valence-electron chi connectivity index (χ3n) is 3.32. The van der Waals surface area contributed by atoms with Crippen LogP contribution in [0.25, 0.3) is 0 Å². The molecule has 2 amide bonds. The molecule has 2 unspecified atom stereocenters. The third-order valence-corrected chi connectivity index (χ3v) is 4.29. The van der Waals surface area contributed by atoms with Crippen LogP contribution in [-0.4, -0.2) is 44.3 Å². The first-order chi connectivity index (χ1) is 9.86. The second-order valence-electron chi connectivity index (χ2n) is 5.24. The van der Waals surface area contributed by atoms with Gasteiger partial charge in [-0.15, -0.1) is 0 Å². The summed E-state index contributed by atoms with van der Waals surface area (Å²) in [5.74, 6) is -0.560. The van der Waals surface area contributed by atoms with Crippen LogP contribution in [0.15, 0.2) is 18.2 Å². The average Bonchev–Trinajstić information content (AvgIpc) is 2.80. The number of carboxylic acids is 1. The number of hydrogen-bond donors (Lipinski definition) is 2. The highest BCUT2D eigenvalue weighted by molar-refractivity contribution is 7.84. The van der Waals surface area contributed by atoms with Gasteiger partial charge in [-0.3, -0.25) is 4.21 Å². The number of hydrogen-bond acceptors (Lipinski definition) is 3.